The third kappa shape index (κ3) is 4.93. The Bertz CT molecular complexity index is 1550. The number of Topliss-reactive ketones (excluding diaryl/α,β-unsaturated/α-hetero) is 1. The Hall–Kier alpha value is -4.57. The average Bonchev–Trinajstić information content (AvgIpc) is 2.92. The molecule has 5 aromatic rings. The van der Waals surface area contributed by atoms with Gasteiger partial charge in [-0.05, 0) is 43.2 Å². The first kappa shape index (κ1) is 23.2. The standard InChI is InChI=1S/C32H25NO3/c1-21-8-11-25(12-9-21)30-19-28(27-18-22(2)10-17-29(27)33-30)32(35)36-20-31(34)26-15-13-24(14-16-26)23-6-4-3-5-7-23/h3-19H,20H2,1-2H3. The summed E-state index contributed by atoms with van der Waals surface area (Å²) in [6, 6.07) is 32.8. The summed E-state index contributed by atoms with van der Waals surface area (Å²) < 4.78 is 5.50. The molecule has 0 unspecified atom stereocenters. The number of aryl methyl sites for hydroxylation is 2. The van der Waals surface area contributed by atoms with Gasteiger partial charge in [-0.1, -0.05) is 96.1 Å². The molecule has 0 aliphatic heterocycles. The Kier molecular flexibility index (Phi) is 6.42. The maximum atomic E-state index is 13.2. The van der Waals surface area contributed by atoms with Gasteiger partial charge in [0.2, 0.25) is 0 Å². The largest absolute Gasteiger partial charge is 0.454 e. The quantitative estimate of drug-likeness (QED) is 0.194. The third-order valence-electron chi connectivity index (χ3n) is 6.18. The van der Waals surface area contributed by atoms with Crippen molar-refractivity contribution in [2.24, 2.45) is 0 Å². The van der Waals surface area contributed by atoms with Crippen LogP contribution >= 0.6 is 0 Å². The number of carbonyl (C=O) groups excluding carboxylic acids is 2. The molecule has 0 saturated carbocycles. The van der Waals surface area contributed by atoms with Crippen molar-refractivity contribution < 1.29 is 14.3 Å². The van der Waals surface area contributed by atoms with Crippen LogP contribution in [-0.2, 0) is 4.74 Å². The highest BCUT2D eigenvalue weighted by molar-refractivity contribution is 6.06. The predicted octanol–water partition coefficient (Wildman–Crippen LogP) is 7.23. The lowest BCUT2D eigenvalue weighted by Gasteiger charge is -2.11. The van der Waals surface area contributed by atoms with Crippen molar-refractivity contribution >= 4 is 22.7 Å². The van der Waals surface area contributed by atoms with Gasteiger partial charge in [0.15, 0.2) is 12.4 Å². The molecular weight excluding hydrogens is 446 g/mol. The molecule has 0 atom stereocenters. The van der Waals surface area contributed by atoms with E-state index in [4.69, 9.17) is 9.72 Å². The number of hydrogen-bond acceptors (Lipinski definition) is 4. The summed E-state index contributed by atoms with van der Waals surface area (Å²) >= 11 is 0. The molecule has 0 saturated heterocycles. The van der Waals surface area contributed by atoms with Gasteiger partial charge in [-0.15, -0.1) is 0 Å². The lowest BCUT2D eigenvalue weighted by atomic mass is 10.0. The zero-order valence-corrected chi connectivity index (χ0v) is 20.2. The molecule has 1 heterocycles. The van der Waals surface area contributed by atoms with Crippen LogP contribution in [0.25, 0.3) is 33.3 Å². The van der Waals surface area contributed by atoms with Gasteiger partial charge >= 0.3 is 5.97 Å². The van der Waals surface area contributed by atoms with Crippen molar-refractivity contribution in [2.75, 3.05) is 6.61 Å². The first-order valence-electron chi connectivity index (χ1n) is 11.8. The normalized spacial score (nSPS) is 10.8. The SMILES string of the molecule is Cc1ccc(-c2cc(C(=O)OCC(=O)c3ccc(-c4ccccc4)cc3)c3cc(C)ccc3n2)cc1. The lowest BCUT2D eigenvalue weighted by molar-refractivity contribution is 0.0476. The number of carbonyl (C=O) groups is 2. The number of esters is 1. The monoisotopic (exact) mass is 471 g/mol. The Morgan fingerprint density at radius 2 is 1.33 bits per heavy atom. The number of aromatic nitrogens is 1. The smallest absolute Gasteiger partial charge is 0.339 e. The van der Waals surface area contributed by atoms with Gasteiger partial charge in [-0.25, -0.2) is 9.78 Å². The van der Waals surface area contributed by atoms with Crippen molar-refractivity contribution in [3.8, 4) is 22.4 Å². The Morgan fingerprint density at radius 1 is 0.694 bits per heavy atom. The summed E-state index contributed by atoms with van der Waals surface area (Å²) in [4.78, 5) is 30.7. The number of pyridine rings is 1. The minimum atomic E-state index is -0.546. The fourth-order valence-electron chi connectivity index (χ4n) is 4.15. The topological polar surface area (TPSA) is 56.3 Å². The van der Waals surface area contributed by atoms with Gasteiger partial charge < -0.3 is 4.74 Å². The number of ether oxygens (including phenoxy) is 1. The van der Waals surface area contributed by atoms with Crippen LogP contribution in [0.15, 0.2) is 103 Å². The van der Waals surface area contributed by atoms with E-state index in [1.165, 1.54) is 0 Å². The Balaban J connectivity index is 1.38. The Labute approximate surface area is 210 Å². The average molecular weight is 472 g/mol. The molecule has 4 aromatic carbocycles. The minimum Gasteiger partial charge on any atom is -0.454 e. The number of rotatable bonds is 6. The highest BCUT2D eigenvalue weighted by Crippen LogP contribution is 2.27. The first-order valence-corrected chi connectivity index (χ1v) is 11.8. The Morgan fingerprint density at radius 3 is 2.06 bits per heavy atom. The molecule has 176 valence electrons. The van der Waals surface area contributed by atoms with Gasteiger partial charge in [-0.2, -0.15) is 0 Å². The molecule has 5 rings (SSSR count). The fraction of sp³-hybridized carbons (Fsp3) is 0.0938. The summed E-state index contributed by atoms with van der Waals surface area (Å²) in [5.74, 6) is -0.799. The van der Waals surface area contributed by atoms with E-state index in [1.54, 1.807) is 18.2 Å². The summed E-state index contributed by atoms with van der Waals surface area (Å²) in [7, 11) is 0. The summed E-state index contributed by atoms with van der Waals surface area (Å²) in [6.07, 6.45) is 0. The highest BCUT2D eigenvalue weighted by atomic mass is 16.5. The molecule has 36 heavy (non-hydrogen) atoms. The van der Waals surface area contributed by atoms with E-state index < -0.39 is 5.97 Å². The molecule has 0 aliphatic rings. The molecular formula is C32H25NO3. The van der Waals surface area contributed by atoms with Crippen LogP contribution in [0.1, 0.15) is 31.8 Å². The van der Waals surface area contributed by atoms with E-state index in [-0.39, 0.29) is 12.4 Å². The van der Waals surface area contributed by atoms with Crippen molar-refractivity contribution in [3.05, 3.63) is 125 Å². The van der Waals surface area contributed by atoms with Gasteiger partial charge in [0, 0.05) is 16.5 Å². The third-order valence-corrected chi connectivity index (χ3v) is 6.18. The van der Waals surface area contributed by atoms with Gasteiger partial charge in [0.25, 0.3) is 0 Å². The van der Waals surface area contributed by atoms with E-state index in [9.17, 15) is 9.59 Å². The first-order chi connectivity index (χ1) is 17.5. The van der Waals surface area contributed by atoms with Crippen LogP contribution in [0.3, 0.4) is 0 Å². The van der Waals surface area contributed by atoms with Crippen LogP contribution < -0.4 is 0 Å². The van der Waals surface area contributed by atoms with Crippen LogP contribution in [0.5, 0.6) is 0 Å². The van der Waals surface area contributed by atoms with Crippen molar-refractivity contribution in [2.45, 2.75) is 13.8 Å². The summed E-state index contributed by atoms with van der Waals surface area (Å²) in [6.45, 7) is 3.65. The minimum absolute atomic E-state index is 0.253. The fourth-order valence-corrected chi connectivity index (χ4v) is 4.15. The van der Waals surface area contributed by atoms with E-state index >= 15 is 0 Å². The molecule has 0 bridgehead atoms. The second-order valence-corrected chi connectivity index (χ2v) is 8.88. The van der Waals surface area contributed by atoms with E-state index in [0.29, 0.717) is 27.7 Å². The number of benzene rings is 4. The second-order valence-electron chi connectivity index (χ2n) is 8.88. The van der Waals surface area contributed by atoms with Crippen molar-refractivity contribution in [1.82, 2.24) is 4.98 Å². The van der Waals surface area contributed by atoms with Crippen LogP contribution in [0.2, 0.25) is 0 Å². The molecule has 0 aliphatic carbocycles. The van der Waals surface area contributed by atoms with E-state index in [0.717, 1.165) is 27.8 Å². The summed E-state index contributed by atoms with van der Waals surface area (Å²) in [5.41, 5.74) is 7.44. The molecule has 0 fully saturated rings. The second kappa shape index (κ2) is 9.96. The van der Waals surface area contributed by atoms with E-state index in [1.807, 2.05) is 98.8 Å². The maximum absolute atomic E-state index is 13.2. The molecule has 1 aromatic heterocycles. The number of ketones is 1. The lowest BCUT2D eigenvalue weighted by Crippen LogP contribution is -2.15. The van der Waals surface area contributed by atoms with Gasteiger partial charge in [0.05, 0.1) is 16.8 Å². The summed E-state index contributed by atoms with van der Waals surface area (Å²) in [5, 5.41) is 0.704. The molecule has 0 spiro atoms. The molecule has 0 radical (unpaired) electrons. The number of hydrogen-bond donors (Lipinski definition) is 0. The molecule has 4 heteroatoms. The zero-order valence-electron chi connectivity index (χ0n) is 20.2. The molecule has 0 amide bonds. The predicted molar refractivity (Wildman–Crippen MR) is 143 cm³/mol. The van der Waals surface area contributed by atoms with Gasteiger partial charge in [0.1, 0.15) is 0 Å². The maximum Gasteiger partial charge on any atom is 0.339 e. The highest BCUT2D eigenvalue weighted by Gasteiger charge is 2.18. The van der Waals surface area contributed by atoms with Crippen molar-refractivity contribution in [1.29, 1.82) is 0 Å². The van der Waals surface area contributed by atoms with Crippen LogP contribution in [-0.4, -0.2) is 23.3 Å². The van der Waals surface area contributed by atoms with Crippen LogP contribution in [0, 0.1) is 13.8 Å². The van der Waals surface area contributed by atoms with Crippen LogP contribution in [0.4, 0.5) is 0 Å². The number of fused-ring (bicyclic) bond motifs is 1. The van der Waals surface area contributed by atoms with E-state index in [2.05, 4.69) is 0 Å². The van der Waals surface area contributed by atoms with Crippen molar-refractivity contribution in [3.63, 3.8) is 0 Å². The number of nitrogens with zero attached hydrogens (tertiary/aromatic N) is 1. The molecule has 4 nitrogen and oxygen atoms in total. The zero-order chi connectivity index (χ0) is 25.1. The molecule has 0 N–H and O–H groups in total. The van der Waals surface area contributed by atoms with Gasteiger partial charge in [-0.3, -0.25) is 4.79 Å².